The number of carboxylic acid groups (broad SMARTS) is 1. The van der Waals surface area contributed by atoms with Crippen LogP contribution in [-0.2, 0) is 16.1 Å². The van der Waals surface area contributed by atoms with Gasteiger partial charge in [0.05, 0.1) is 0 Å². The average Bonchev–Trinajstić information content (AvgIpc) is 2.54. The van der Waals surface area contributed by atoms with E-state index in [1.807, 2.05) is 30.3 Å². The van der Waals surface area contributed by atoms with Crippen molar-refractivity contribution < 1.29 is 19.5 Å². The number of amides is 3. The van der Waals surface area contributed by atoms with E-state index in [9.17, 15) is 14.4 Å². The summed E-state index contributed by atoms with van der Waals surface area (Å²) in [5, 5.41) is 11.8. The molecular weight excluding hydrogens is 310 g/mol. The fourth-order valence-electron chi connectivity index (χ4n) is 1.96. The van der Waals surface area contributed by atoms with Gasteiger partial charge in [0.2, 0.25) is 5.91 Å². The van der Waals surface area contributed by atoms with Gasteiger partial charge in [0.15, 0.2) is 0 Å². The molecule has 0 saturated heterocycles. The maximum Gasteiger partial charge on any atom is 0.329 e. The Balaban J connectivity index is 2.42. The molecule has 24 heavy (non-hydrogen) atoms. The van der Waals surface area contributed by atoms with Gasteiger partial charge in [-0.05, 0) is 19.4 Å². The number of benzene rings is 1. The van der Waals surface area contributed by atoms with Gasteiger partial charge in [0.25, 0.3) is 0 Å². The highest BCUT2D eigenvalue weighted by Gasteiger charge is 2.34. The summed E-state index contributed by atoms with van der Waals surface area (Å²) in [5.41, 5.74) is -0.278. The molecule has 0 atom stereocenters. The molecule has 1 aromatic rings. The van der Waals surface area contributed by atoms with Crippen molar-refractivity contribution in [2.45, 2.75) is 32.4 Å². The second kappa shape index (κ2) is 8.33. The predicted molar refractivity (Wildman–Crippen MR) is 90.4 cm³/mol. The zero-order valence-corrected chi connectivity index (χ0v) is 14.6. The van der Waals surface area contributed by atoms with E-state index in [2.05, 4.69) is 5.32 Å². The van der Waals surface area contributed by atoms with E-state index in [1.165, 1.54) is 30.7 Å². The summed E-state index contributed by atoms with van der Waals surface area (Å²) in [6, 6.07) is 9.28. The van der Waals surface area contributed by atoms with Crippen molar-refractivity contribution in [2.24, 2.45) is 0 Å². The number of urea groups is 1. The molecule has 1 aromatic carbocycles. The molecule has 132 valence electrons. The molecule has 3 amide bonds. The van der Waals surface area contributed by atoms with Gasteiger partial charge in [-0.1, -0.05) is 30.3 Å². The Labute approximate surface area is 142 Å². The molecule has 0 unspecified atom stereocenters. The molecule has 0 aliphatic carbocycles. The monoisotopic (exact) mass is 335 g/mol. The summed E-state index contributed by atoms with van der Waals surface area (Å²) in [6.45, 7) is 3.53. The molecule has 0 heterocycles. The van der Waals surface area contributed by atoms with Crippen LogP contribution >= 0.6 is 0 Å². The number of rotatable bonds is 7. The first kappa shape index (κ1) is 19.5. The van der Waals surface area contributed by atoms with Crippen molar-refractivity contribution in [3.63, 3.8) is 0 Å². The van der Waals surface area contributed by atoms with Crippen molar-refractivity contribution in [2.75, 3.05) is 20.6 Å². The minimum Gasteiger partial charge on any atom is -0.480 e. The number of nitrogens with one attached hydrogen (secondary N) is 1. The Morgan fingerprint density at radius 2 is 1.71 bits per heavy atom. The Morgan fingerprint density at radius 1 is 1.12 bits per heavy atom. The summed E-state index contributed by atoms with van der Waals surface area (Å²) >= 11 is 0. The maximum absolute atomic E-state index is 12.0. The molecular formula is C17H25N3O4. The second-order valence-electron chi connectivity index (χ2n) is 6.14. The Morgan fingerprint density at radius 3 is 2.25 bits per heavy atom. The van der Waals surface area contributed by atoms with Crippen molar-refractivity contribution in [1.29, 1.82) is 0 Å². The van der Waals surface area contributed by atoms with Crippen molar-refractivity contribution in [3.05, 3.63) is 35.9 Å². The van der Waals surface area contributed by atoms with Gasteiger partial charge in [-0.2, -0.15) is 0 Å². The van der Waals surface area contributed by atoms with Crippen LogP contribution in [0.1, 0.15) is 25.8 Å². The van der Waals surface area contributed by atoms with E-state index in [4.69, 9.17) is 5.11 Å². The van der Waals surface area contributed by atoms with E-state index in [-0.39, 0.29) is 24.9 Å². The fraction of sp³-hybridized carbons (Fsp3) is 0.471. The lowest BCUT2D eigenvalue weighted by molar-refractivity contribution is -0.155. The Hall–Kier alpha value is -2.57. The molecule has 0 bridgehead atoms. The third kappa shape index (κ3) is 5.26. The van der Waals surface area contributed by atoms with Gasteiger partial charge >= 0.3 is 12.0 Å². The third-order valence-corrected chi connectivity index (χ3v) is 3.96. The van der Waals surface area contributed by atoms with Gasteiger partial charge in [-0.25, -0.2) is 9.59 Å². The molecule has 0 saturated carbocycles. The third-order valence-electron chi connectivity index (χ3n) is 3.96. The van der Waals surface area contributed by atoms with E-state index < -0.39 is 11.5 Å². The number of carbonyl (C=O) groups is 3. The molecule has 0 radical (unpaired) electrons. The lowest BCUT2D eigenvalue weighted by atomic mass is 10.0. The smallest absolute Gasteiger partial charge is 0.329 e. The van der Waals surface area contributed by atoms with Crippen molar-refractivity contribution >= 4 is 17.9 Å². The highest BCUT2D eigenvalue weighted by molar-refractivity contribution is 5.86. The summed E-state index contributed by atoms with van der Waals surface area (Å²) in [4.78, 5) is 37.9. The summed E-state index contributed by atoms with van der Waals surface area (Å²) in [7, 11) is 3.11. The summed E-state index contributed by atoms with van der Waals surface area (Å²) in [5.74, 6) is -1.42. The molecule has 7 heteroatoms. The number of likely N-dealkylation sites (N-methyl/N-ethyl adjacent to an activating group) is 1. The predicted octanol–water partition coefficient (Wildman–Crippen LogP) is 1.54. The van der Waals surface area contributed by atoms with Crippen LogP contribution in [0.5, 0.6) is 0 Å². The first-order valence-electron chi connectivity index (χ1n) is 7.69. The van der Waals surface area contributed by atoms with E-state index in [0.29, 0.717) is 6.54 Å². The second-order valence-corrected chi connectivity index (χ2v) is 6.14. The largest absolute Gasteiger partial charge is 0.480 e. The average molecular weight is 335 g/mol. The normalized spacial score (nSPS) is 10.8. The fourth-order valence-corrected chi connectivity index (χ4v) is 1.96. The zero-order valence-electron chi connectivity index (χ0n) is 14.6. The number of hydrogen-bond acceptors (Lipinski definition) is 3. The number of carbonyl (C=O) groups excluding carboxylic acids is 2. The minimum atomic E-state index is -1.29. The van der Waals surface area contributed by atoms with Crippen LogP contribution in [0.25, 0.3) is 0 Å². The van der Waals surface area contributed by atoms with Crippen LogP contribution in [0.2, 0.25) is 0 Å². The lowest BCUT2D eigenvalue weighted by Crippen LogP contribution is -2.51. The number of carboxylic acids is 1. The van der Waals surface area contributed by atoms with Gasteiger partial charge in [0.1, 0.15) is 5.54 Å². The Bertz CT molecular complexity index is 587. The molecule has 0 aliphatic heterocycles. The van der Waals surface area contributed by atoms with E-state index in [0.717, 1.165) is 5.56 Å². The van der Waals surface area contributed by atoms with Gasteiger partial charge < -0.3 is 20.2 Å². The van der Waals surface area contributed by atoms with Gasteiger partial charge in [-0.3, -0.25) is 4.79 Å². The highest BCUT2D eigenvalue weighted by Crippen LogP contribution is 2.13. The molecule has 0 aliphatic rings. The first-order valence-corrected chi connectivity index (χ1v) is 7.69. The SMILES string of the molecule is CN(Cc1ccccc1)C(=O)NCCC(=O)N(C)C(C)(C)C(=O)O. The number of nitrogens with zero attached hydrogens (tertiary/aromatic N) is 2. The summed E-state index contributed by atoms with van der Waals surface area (Å²) < 4.78 is 0. The standard InChI is InChI=1S/C17H25N3O4/c1-17(2,15(22)23)20(4)14(21)10-11-18-16(24)19(3)12-13-8-6-5-7-9-13/h5-9H,10-12H2,1-4H3,(H,18,24)(H,22,23). The minimum absolute atomic E-state index is 0.0398. The molecule has 0 spiro atoms. The molecule has 0 aromatic heterocycles. The van der Waals surface area contributed by atoms with Crippen LogP contribution in [0.3, 0.4) is 0 Å². The van der Waals surface area contributed by atoms with Crippen LogP contribution in [0, 0.1) is 0 Å². The quantitative estimate of drug-likeness (QED) is 0.791. The zero-order chi connectivity index (χ0) is 18.3. The molecule has 1 rings (SSSR count). The topological polar surface area (TPSA) is 90.0 Å². The lowest BCUT2D eigenvalue weighted by Gasteiger charge is -2.31. The molecule has 7 nitrogen and oxygen atoms in total. The van der Waals surface area contributed by atoms with E-state index in [1.54, 1.807) is 7.05 Å². The number of aliphatic carboxylic acids is 1. The number of hydrogen-bond donors (Lipinski definition) is 2. The Kier molecular flexibility index (Phi) is 6.76. The maximum atomic E-state index is 12.0. The van der Waals surface area contributed by atoms with Crippen molar-refractivity contribution in [3.8, 4) is 0 Å². The van der Waals surface area contributed by atoms with Gasteiger partial charge in [-0.15, -0.1) is 0 Å². The van der Waals surface area contributed by atoms with Crippen LogP contribution in [0.4, 0.5) is 4.79 Å². The molecule has 0 fully saturated rings. The molecule has 2 N–H and O–H groups in total. The van der Waals surface area contributed by atoms with E-state index >= 15 is 0 Å². The van der Waals surface area contributed by atoms with Crippen molar-refractivity contribution in [1.82, 2.24) is 15.1 Å². The van der Waals surface area contributed by atoms with Crippen LogP contribution < -0.4 is 5.32 Å². The van der Waals surface area contributed by atoms with Crippen LogP contribution in [0.15, 0.2) is 30.3 Å². The highest BCUT2D eigenvalue weighted by atomic mass is 16.4. The van der Waals surface area contributed by atoms with Gasteiger partial charge in [0, 0.05) is 33.6 Å². The summed E-state index contributed by atoms with van der Waals surface area (Å²) in [6.07, 6.45) is 0.0398. The first-order chi connectivity index (χ1) is 11.2. The van der Waals surface area contributed by atoms with Crippen LogP contribution in [-0.4, -0.2) is 59.0 Å².